The SMILES string of the molecule is C=C[C@@H]1C[C@]1(NC(=O)C12CC1CN(C(=O)[C@@H](NC(=O)OC(C)(C)C)C(C)C)C2)C(=O)NS(=O)(=O)c1cccc(OCc2ccccc2)c1. The highest BCUT2D eigenvalue weighted by Gasteiger charge is 2.69. The maximum Gasteiger partial charge on any atom is 0.408 e. The molecule has 4 amide bonds. The minimum absolute atomic E-state index is 0.117. The van der Waals surface area contributed by atoms with E-state index >= 15 is 0 Å². The molecule has 48 heavy (non-hydrogen) atoms. The van der Waals surface area contributed by atoms with E-state index in [1.807, 2.05) is 44.2 Å². The van der Waals surface area contributed by atoms with Gasteiger partial charge < -0.3 is 25.0 Å². The molecule has 3 N–H and O–H groups in total. The van der Waals surface area contributed by atoms with Crippen LogP contribution in [0.15, 0.2) is 72.1 Å². The first-order valence-electron chi connectivity index (χ1n) is 16.1. The molecule has 2 saturated carbocycles. The van der Waals surface area contributed by atoms with Crippen LogP contribution in [-0.2, 0) is 35.8 Å². The number of fused-ring (bicyclic) bond motifs is 1. The normalized spacial score (nSPS) is 24.9. The Hall–Kier alpha value is -4.39. The Labute approximate surface area is 281 Å². The van der Waals surface area contributed by atoms with Crippen molar-refractivity contribution >= 4 is 33.8 Å². The van der Waals surface area contributed by atoms with Crippen LogP contribution in [0, 0.1) is 23.2 Å². The van der Waals surface area contributed by atoms with E-state index in [2.05, 4.69) is 21.9 Å². The molecule has 1 heterocycles. The zero-order valence-electron chi connectivity index (χ0n) is 27.9. The van der Waals surface area contributed by atoms with Crippen LogP contribution in [0.2, 0.25) is 0 Å². The van der Waals surface area contributed by atoms with E-state index in [0.717, 1.165) is 5.56 Å². The average molecular weight is 681 g/mol. The average Bonchev–Trinajstić information content (AvgIpc) is 3.89. The summed E-state index contributed by atoms with van der Waals surface area (Å²) in [5, 5.41) is 5.52. The predicted molar refractivity (Wildman–Crippen MR) is 177 cm³/mol. The highest BCUT2D eigenvalue weighted by Crippen LogP contribution is 2.59. The molecule has 258 valence electrons. The van der Waals surface area contributed by atoms with Crippen LogP contribution < -0.4 is 20.1 Å². The summed E-state index contributed by atoms with van der Waals surface area (Å²) < 4.78 is 39.9. The van der Waals surface area contributed by atoms with E-state index in [9.17, 15) is 27.6 Å². The monoisotopic (exact) mass is 680 g/mol. The fourth-order valence-corrected chi connectivity index (χ4v) is 7.33. The van der Waals surface area contributed by atoms with Crippen molar-refractivity contribution in [3.8, 4) is 5.75 Å². The number of benzene rings is 2. The van der Waals surface area contributed by atoms with Crippen molar-refractivity contribution in [2.45, 2.75) is 76.1 Å². The molecule has 1 aliphatic heterocycles. The van der Waals surface area contributed by atoms with Gasteiger partial charge in [0.15, 0.2) is 0 Å². The molecule has 1 saturated heterocycles. The van der Waals surface area contributed by atoms with Gasteiger partial charge in [0.2, 0.25) is 11.8 Å². The fourth-order valence-electron chi connectivity index (χ4n) is 6.25. The zero-order valence-corrected chi connectivity index (χ0v) is 28.8. The third-order valence-electron chi connectivity index (χ3n) is 9.15. The summed E-state index contributed by atoms with van der Waals surface area (Å²) in [5.41, 5.74) is -2.23. The van der Waals surface area contributed by atoms with Gasteiger partial charge in [0.05, 0.1) is 10.3 Å². The maximum atomic E-state index is 13.8. The second kappa shape index (κ2) is 12.9. The van der Waals surface area contributed by atoms with Crippen LogP contribution >= 0.6 is 0 Å². The number of hydrogen-bond donors (Lipinski definition) is 3. The number of nitrogens with zero attached hydrogens (tertiary/aromatic N) is 1. The van der Waals surface area contributed by atoms with Crippen molar-refractivity contribution in [3.05, 3.63) is 72.8 Å². The first-order valence-corrected chi connectivity index (χ1v) is 17.6. The number of hydrogen-bond acceptors (Lipinski definition) is 8. The summed E-state index contributed by atoms with van der Waals surface area (Å²) >= 11 is 0. The van der Waals surface area contributed by atoms with Crippen LogP contribution in [0.5, 0.6) is 5.75 Å². The molecular weight excluding hydrogens is 636 g/mol. The molecule has 13 heteroatoms. The van der Waals surface area contributed by atoms with Crippen LogP contribution in [-0.4, -0.2) is 67.4 Å². The number of ether oxygens (including phenoxy) is 2. The Kier molecular flexibility index (Phi) is 9.39. The van der Waals surface area contributed by atoms with Crippen molar-refractivity contribution in [2.75, 3.05) is 13.1 Å². The molecular formula is C35H44N4O8S. The number of rotatable bonds is 12. The van der Waals surface area contributed by atoms with Crippen molar-refractivity contribution in [3.63, 3.8) is 0 Å². The van der Waals surface area contributed by atoms with Crippen LogP contribution in [0.1, 0.15) is 53.0 Å². The Balaban J connectivity index is 1.23. The largest absolute Gasteiger partial charge is 0.489 e. The Morgan fingerprint density at radius 2 is 1.75 bits per heavy atom. The third-order valence-corrected chi connectivity index (χ3v) is 10.5. The number of likely N-dealkylation sites (tertiary alicyclic amines) is 1. The van der Waals surface area contributed by atoms with Gasteiger partial charge in [-0.15, -0.1) is 6.58 Å². The number of nitrogens with one attached hydrogen (secondary N) is 3. The number of sulfonamides is 1. The van der Waals surface area contributed by atoms with Crippen molar-refractivity contribution in [2.24, 2.45) is 23.2 Å². The lowest BCUT2D eigenvalue weighted by Gasteiger charge is -2.30. The zero-order chi connectivity index (χ0) is 35.1. The molecule has 12 nitrogen and oxygen atoms in total. The molecule has 0 aromatic heterocycles. The van der Waals surface area contributed by atoms with Crippen molar-refractivity contribution in [1.82, 2.24) is 20.3 Å². The highest BCUT2D eigenvalue weighted by atomic mass is 32.2. The van der Waals surface area contributed by atoms with Gasteiger partial charge in [-0.05, 0) is 63.1 Å². The maximum absolute atomic E-state index is 13.8. The fraction of sp³-hybridized carbons (Fsp3) is 0.486. The van der Waals surface area contributed by atoms with Gasteiger partial charge in [0, 0.05) is 25.1 Å². The second-order valence-corrected chi connectivity index (χ2v) is 16.0. The van der Waals surface area contributed by atoms with Gasteiger partial charge in [0.1, 0.15) is 29.5 Å². The quantitative estimate of drug-likeness (QED) is 0.287. The summed E-state index contributed by atoms with van der Waals surface area (Å²) in [5.74, 6) is -2.13. The lowest BCUT2D eigenvalue weighted by atomic mass is 10.0. The van der Waals surface area contributed by atoms with Gasteiger partial charge >= 0.3 is 6.09 Å². The van der Waals surface area contributed by atoms with Gasteiger partial charge in [-0.2, -0.15) is 0 Å². The van der Waals surface area contributed by atoms with Crippen LogP contribution in [0.4, 0.5) is 4.79 Å². The number of alkyl carbamates (subject to hydrolysis) is 1. The predicted octanol–water partition coefficient (Wildman–Crippen LogP) is 3.53. The van der Waals surface area contributed by atoms with Crippen molar-refractivity contribution < 1.29 is 37.1 Å². The molecule has 2 aromatic carbocycles. The molecule has 0 radical (unpaired) electrons. The number of carbonyl (C=O) groups excluding carboxylic acids is 4. The third kappa shape index (κ3) is 7.35. The molecule has 3 aliphatic rings. The molecule has 2 unspecified atom stereocenters. The Morgan fingerprint density at radius 3 is 2.38 bits per heavy atom. The lowest BCUT2D eigenvalue weighted by molar-refractivity contribution is -0.136. The van der Waals surface area contributed by atoms with E-state index in [-0.39, 0.29) is 42.2 Å². The van der Waals surface area contributed by atoms with Gasteiger partial charge in [-0.3, -0.25) is 14.4 Å². The summed E-state index contributed by atoms with van der Waals surface area (Å²) in [6.07, 6.45) is 1.53. The minimum Gasteiger partial charge on any atom is -0.489 e. The Morgan fingerprint density at radius 1 is 1.04 bits per heavy atom. The summed E-state index contributed by atoms with van der Waals surface area (Å²) in [6, 6.07) is 14.4. The first kappa shape index (κ1) is 34.9. The van der Waals surface area contributed by atoms with Crippen LogP contribution in [0.25, 0.3) is 0 Å². The van der Waals surface area contributed by atoms with Gasteiger partial charge in [-0.1, -0.05) is 56.3 Å². The Bertz CT molecular complexity index is 1710. The highest BCUT2D eigenvalue weighted by molar-refractivity contribution is 7.90. The molecule has 2 aliphatic carbocycles. The summed E-state index contributed by atoms with van der Waals surface area (Å²) in [4.78, 5) is 54.8. The van der Waals surface area contributed by atoms with Crippen molar-refractivity contribution in [1.29, 1.82) is 0 Å². The lowest BCUT2D eigenvalue weighted by Crippen LogP contribution is -2.55. The van der Waals surface area contributed by atoms with Crippen LogP contribution in [0.3, 0.4) is 0 Å². The second-order valence-electron chi connectivity index (χ2n) is 14.3. The molecule has 3 fully saturated rings. The number of carbonyl (C=O) groups is 4. The first-order chi connectivity index (χ1) is 22.5. The topological polar surface area (TPSA) is 160 Å². The van der Waals surface area contributed by atoms with E-state index in [1.165, 1.54) is 24.3 Å². The smallest absolute Gasteiger partial charge is 0.408 e. The standard InChI is InChI=1S/C35H44N4O8S/c1-7-24-18-35(24,31(42)38-48(44,45)27-15-11-14-26(16-27)46-20-23-12-9-8-10-13-23)37-30(41)34-17-25(34)19-39(21-34)29(40)28(22(2)3)36-32(43)47-33(4,5)6/h7-16,22,24-25,28H,1,17-21H2,2-6H3,(H,36,43)(H,37,41)(H,38,42)/t24-,25?,28+,34?,35-/m1/s1. The van der Waals surface area contributed by atoms with Gasteiger partial charge in [0.25, 0.3) is 15.9 Å². The minimum atomic E-state index is -4.32. The molecule has 0 spiro atoms. The molecule has 0 bridgehead atoms. The molecule has 5 atom stereocenters. The summed E-state index contributed by atoms with van der Waals surface area (Å²) in [6.45, 7) is 13.3. The molecule has 5 rings (SSSR count). The number of piperidine rings is 1. The van der Waals surface area contributed by atoms with Gasteiger partial charge in [-0.25, -0.2) is 17.9 Å². The summed E-state index contributed by atoms with van der Waals surface area (Å²) in [7, 11) is -4.32. The van der Waals surface area contributed by atoms with E-state index in [4.69, 9.17) is 9.47 Å². The van der Waals surface area contributed by atoms with E-state index in [0.29, 0.717) is 18.7 Å². The van der Waals surface area contributed by atoms with E-state index in [1.54, 1.807) is 31.7 Å². The van der Waals surface area contributed by atoms with E-state index < -0.39 is 56.4 Å². The molecule has 2 aromatic rings. The number of amides is 4.